The molecule has 0 unspecified atom stereocenters. The fraction of sp³-hybridized carbons (Fsp3) is 0.368. The van der Waals surface area contributed by atoms with Gasteiger partial charge in [0, 0.05) is 36.4 Å². The van der Waals surface area contributed by atoms with Gasteiger partial charge in [0.15, 0.2) is 11.6 Å². The lowest BCUT2D eigenvalue weighted by atomic mass is 9.84. The first-order chi connectivity index (χ1) is 12.8. The molecule has 1 aliphatic rings. The normalized spacial score (nSPS) is 20.6. The number of hydrogen-bond acceptors (Lipinski definition) is 4. The molecule has 0 aliphatic heterocycles. The highest BCUT2D eigenvalue weighted by molar-refractivity contribution is 6.02. The molecule has 7 nitrogen and oxygen atoms in total. The van der Waals surface area contributed by atoms with Gasteiger partial charge in [-0.2, -0.15) is 5.26 Å². The number of H-pyrrole nitrogens is 2. The predicted molar refractivity (Wildman–Crippen MR) is 98.2 cm³/mol. The molecule has 4 aromatic heterocycles. The Bertz CT molecular complexity index is 1090. The first-order valence-electron chi connectivity index (χ1n) is 9.06. The monoisotopic (exact) mass is 345 g/mol. The van der Waals surface area contributed by atoms with Gasteiger partial charge in [0.2, 0.25) is 0 Å². The summed E-state index contributed by atoms with van der Waals surface area (Å²) in [6.07, 6.45) is 12.3. The molecular weight excluding hydrogens is 326 g/mol. The van der Waals surface area contributed by atoms with E-state index in [2.05, 4.69) is 36.6 Å². The lowest BCUT2D eigenvalue weighted by molar-refractivity contribution is 0.283. The van der Waals surface area contributed by atoms with Gasteiger partial charge in [-0.05, 0) is 37.7 Å². The molecule has 0 bridgehead atoms. The number of nitriles is 1. The van der Waals surface area contributed by atoms with Crippen molar-refractivity contribution >= 4 is 22.1 Å². The Morgan fingerprint density at radius 3 is 2.81 bits per heavy atom. The first kappa shape index (κ1) is 15.1. The van der Waals surface area contributed by atoms with E-state index >= 15 is 0 Å². The molecule has 4 heterocycles. The van der Waals surface area contributed by atoms with Gasteiger partial charge in [0.1, 0.15) is 11.2 Å². The summed E-state index contributed by atoms with van der Waals surface area (Å²) in [5, 5.41) is 10.1. The minimum absolute atomic E-state index is 0.357. The molecule has 5 rings (SSSR count). The quantitative estimate of drug-likeness (QED) is 0.587. The van der Waals surface area contributed by atoms with Gasteiger partial charge in [-0.15, -0.1) is 0 Å². The number of pyridine rings is 1. The molecule has 7 heteroatoms. The van der Waals surface area contributed by atoms with Crippen LogP contribution in [0, 0.1) is 17.2 Å². The summed E-state index contributed by atoms with van der Waals surface area (Å²) in [4.78, 5) is 20.2. The van der Waals surface area contributed by atoms with E-state index in [1.54, 1.807) is 6.20 Å². The smallest absolute Gasteiger partial charge is 0.177 e. The Hall–Kier alpha value is -3.14. The van der Waals surface area contributed by atoms with Crippen LogP contribution in [0.4, 0.5) is 0 Å². The lowest BCUT2D eigenvalue weighted by Crippen LogP contribution is -2.19. The van der Waals surface area contributed by atoms with Crippen molar-refractivity contribution in [2.75, 3.05) is 0 Å². The summed E-state index contributed by atoms with van der Waals surface area (Å²) in [7, 11) is 0. The van der Waals surface area contributed by atoms with Gasteiger partial charge in [-0.3, -0.25) is 0 Å². The van der Waals surface area contributed by atoms with Crippen LogP contribution in [0.1, 0.15) is 38.1 Å². The van der Waals surface area contributed by atoms with Crippen molar-refractivity contribution < 1.29 is 0 Å². The second-order valence-corrected chi connectivity index (χ2v) is 7.01. The highest BCUT2D eigenvalue weighted by Gasteiger charge is 2.27. The molecule has 0 atom stereocenters. The molecule has 0 amide bonds. The van der Waals surface area contributed by atoms with E-state index < -0.39 is 0 Å². The average Bonchev–Trinajstić information content (AvgIpc) is 3.40. The minimum atomic E-state index is 0.357. The number of rotatable bonds is 3. The van der Waals surface area contributed by atoms with Gasteiger partial charge >= 0.3 is 0 Å². The average molecular weight is 345 g/mol. The van der Waals surface area contributed by atoms with Crippen LogP contribution < -0.4 is 0 Å². The zero-order chi connectivity index (χ0) is 17.5. The van der Waals surface area contributed by atoms with Gasteiger partial charge in [-0.25, -0.2) is 15.0 Å². The third-order valence-electron chi connectivity index (χ3n) is 5.51. The number of nitrogens with zero attached hydrogens (tertiary/aromatic N) is 5. The van der Waals surface area contributed by atoms with Gasteiger partial charge in [-0.1, -0.05) is 0 Å². The zero-order valence-electron chi connectivity index (χ0n) is 14.3. The maximum atomic E-state index is 8.99. The van der Waals surface area contributed by atoms with Crippen LogP contribution in [0.5, 0.6) is 0 Å². The van der Waals surface area contributed by atoms with Crippen LogP contribution in [-0.4, -0.2) is 29.5 Å². The number of aromatic amines is 2. The molecule has 4 aromatic rings. The van der Waals surface area contributed by atoms with Crippen LogP contribution in [-0.2, 0) is 0 Å². The molecule has 1 saturated carbocycles. The van der Waals surface area contributed by atoms with Crippen molar-refractivity contribution in [2.45, 2.75) is 38.1 Å². The summed E-state index contributed by atoms with van der Waals surface area (Å²) >= 11 is 0. The number of aromatic nitrogens is 6. The fourth-order valence-corrected chi connectivity index (χ4v) is 4.24. The van der Waals surface area contributed by atoms with Crippen molar-refractivity contribution in [1.82, 2.24) is 29.5 Å². The molecule has 0 spiro atoms. The van der Waals surface area contributed by atoms with Gasteiger partial charge in [0.25, 0.3) is 0 Å². The SMILES string of the molecule is N#CC[C@H]1CC[C@H](n2c(-c3ncc[nH]3)nc3cnc4[nH]ccc4c32)CC1. The Balaban J connectivity index is 1.68. The van der Waals surface area contributed by atoms with Crippen LogP contribution in [0.25, 0.3) is 33.7 Å². The van der Waals surface area contributed by atoms with E-state index in [1.807, 2.05) is 18.6 Å². The standard InChI is InChI=1S/C19H19N7/c20-7-5-12-1-3-13(4-2-12)26-16-14-6-8-21-17(14)24-11-15(16)25-19(26)18-22-9-10-23-18/h6,8-13H,1-5H2,(H,21,24)(H,22,23)/t12-,13-. The van der Waals surface area contributed by atoms with Crippen LogP contribution in [0.2, 0.25) is 0 Å². The van der Waals surface area contributed by atoms with E-state index in [9.17, 15) is 0 Å². The highest BCUT2D eigenvalue weighted by Crippen LogP contribution is 2.39. The Kier molecular flexibility index (Phi) is 3.49. The molecular formula is C19H19N7. The topological polar surface area (TPSA) is 99.0 Å². The maximum Gasteiger partial charge on any atom is 0.177 e. The van der Waals surface area contributed by atoms with Crippen LogP contribution in [0.3, 0.4) is 0 Å². The molecule has 2 N–H and O–H groups in total. The van der Waals surface area contributed by atoms with Crippen molar-refractivity contribution in [2.24, 2.45) is 5.92 Å². The van der Waals surface area contributed by atoms with Gasteiger partial charge in [0.05, 0.1) is 17.8 Å². The van der Waals surface area contributed by atoms with Crippen molar-refractivity contribution in [3.05, 3.63) is 30.9 Å². The molecule has 26 heavy (non-hydrogen) atoms. The van der Waals surface area contributed by atoms with Gasteiger partial charge < -0.3 is 14.5 Å². The van der Waals surface area contributed by atoms with Crippen LogP contribution in [0.15, 0.2) is 30.9 Å². The number of imidazole rings is 2. The second-order valence-electron chi connectivity index (χ2n) is 7.01. The molecule has 1 aliphatic carbocycles. The minimum Gasteiger partial charge on any atom is -0.346 e. The maximum absolute atomic E-state index is 8.99. The van der Waals surface area contributed by atoms with Crippen molar-refractivity contribution in [3.63, 3.8) is 0 Å². The third kappa shape index (κ3) is 2.30. The van der Waals surface area contributed by atoms with E-state index in [4.69, 9.17) is 10.2 Å². The van der Waals surface area contributed by atoms with E-state index in [1.165, 1.54) is 0 Å². The lowest BCUT2D eigenvalue weighted by Gasteiger charge is -2.29. The van der Waals surface area contributed by atoms with Crippen molar-refractivity contribution in [1.29, 1.82) is 5.26 Å². The summed E-state index contributed by atoms with van der Waals surface area (Å²) in [5.74, 6) is 2.17. The third-order valence-corrected chi connectivity index (χ3v) is 5.51. The van der Waals surface area contributed by atoms with E-state index in [0.717, 1.165) is 59.4 Å². The Morgan fingerprint density at radius 1 is 1.15 bits per heavy atom. The van der Waals surface area contributed by atoms with E-state index in [0.29, 0.717) is 18.4 Å². The predicted octanol–water partition coefficient (Wildman–Crippen LogP) is 3.95. The number of hydrogen-bond donors (Lipinski definition) is 2. The summed E-state index contributed by atoms with van der Waals surface area (Å²) in [6.45, 7) is 0. The van der Waals surface area contributed by atoms with E-state index in [-0.39, 0.29) is 0 Å². The summed E-state index contributed by atoms with van der Waals surface area (Å²) in [6, 6.07) is 4.75. The molecule has 0 aromatic carbocycles. The first-order valence-corrected chi connectivity index (χ1v) is 9.06. The fourth-order valence-electron chi connectivity index (χ4n) is 4.24. The second kappa shape index (κ2) is 5.99. The van der Waals surface area contributed by atoms with Crippen LogP contribution >= 0.6 is 0 Å². The Labute approximate surface area is 150 Å². The molecule has 0 radical (unpaired) electrons. The molecule has 130 valence electrons. The van der Waals surface area contributed by atoms with Crippen molar-refractivity contribution in [3.8, 4) is 17.7 Å². The Morgan fingerprint density at radius 2 is 2.04 bits per heavy atom. The number of nitrogens with one attached hydrogen (secondary N) is 2. The number of fused-ring (bicyclic) bond motifs is 3. The molecule has 1 fully saturated rings. The summed E-state index contributed by atoms with van der Waals surface area (Å²) < 4.78 is 2.34. The highest BCUT2D eigenvalue weighted by atomic mass is 15.2. The summed E-state index contributed by atoms with van der Waals surface area (Å²) in [5.41, 5.74) is 2.89. The molecule has 0 saturated heterocycles. The largest absolute Gasteiger partial charge is 0.346 e. The zero-order valence-corrected chi connectivity index (χ0v) is 14.3.